The number of benzene rings is 4. The van der Waals surface area contributed by atoms with Crippen LogP contribution in [0.1, 0.15) is 142 Å². The minimum absolute atomic E-state index is 0.130. The average Bonchev–Trinajstić information content (AvgIpc) is 3.25. The summed E-state index contributed by atoms with van der Waals surface area (Å²) in [5.41, 5.74) is 4.22. The molecule has 0 aliphatic carbocycles. The van der Waals surface area contributed by atoms with Crippen LogP contribution in [0.3, 0.4) is 0 Å². The van der Waals surface area contributed by atoms with E-state index in [4.69, 9.17) is 18.9 Å². The second-order valence-corrected chi connectivity index (χ2v) is 14.3. The Kier molecular flexibility index (Phi) is 21.4. The minimum Gasteiger partial charge on any atom is -0.494 e. The van der Waals surface area contributed by atoms with Gasteiger partial charge in [-0.1, -0.05) is 90.9 Å². The lowest BCUT2D eigenvalue weighted by molar-refractivity contribution is 0.0396. The number of hydrogen-bond donors (Lipinski definition) is 0. The van der Waals surface area contributed by atoms with E-state index < -0.39 is 11.9 Å². The summed E-state index contributed by atoms with van der Waals surface area (Å²) in [6.07, 6.45) is 21.6. The minimum atomic E-state index is -0.442. The van der Waals surface area contributed by atoms with Gasteiger partial charge < -0.3 is 18.9 Å². The Morgan fingerprint density at radius 1 is 0.421 bits per heavy atom. The van der Waals surface area contributed by atoms with Gasteiger partial charge in [-0.2, -0.15) is 0 Å². The van der Waals surface area contributed by atoms with Crippen LogP contribution >= 0.6 is 0 Å². The lowest BCUT2D eigenvalue weighted by atomic mass is 10.1. The van der Waals surface area contributed by atoms with Crippen LogP contribution < -0.4 is 9.47 Å². The highest BCUT2D eigenvalue weighted by molar-refractivity contribution is 5.91. The van der Waals surface area contributed by atoms with E-state index in [9.17, 15) is 9.59 Å². The highest BCUT2D eigenvalue weighted by atomic mass is 16.5. The molecule has 0 amide bonds. The normalized spacial score (nSPS) is 11.3. The monoisotopic (exact) mass is 774 g/mol. The van der Waals surface area contributed by atoms with Crippen LogP contribution in [-0.2, 0) is 9.47 Å². The molecule has 0 bridgehead atoms. The number of rotatable bonds is 28. The Hall–Kier alpha value is -5.24. The first-order chi connectivity index (χ1) is 28.0. The first-order valence-corrected chi connectivity index (χ1v) is 21.1. The molecule has 4 rings (SSSR count). The molecule has 0 aliphatic heterocycles. The molecule has 0 spiro atoms. The fourth-order valence-corrected chi connectivity index (χ4v) is 6.02. The summed E-state index contributed by atoms with van der Waals surface area (Å²) in [6, 6.07) is 29.6. The highest BCUT2D eigenvalue weighted by Gasteiger charge is 2.09. The van der Waals surface area contributed by atoms with Gasteiger partial charge in [-0.15, -0.1) is 0 Å². The van der Waals surface area contributed by atoms with E-state index in [1.807, 2.05) is 48.5 Å². The summed E-state index contributed by atoms with van der Waals surface area (Å²) in [5, 5.41) is 0. The Morgan fingerprint density at radius 3 is 1.14 bits per heavy atom. The second-order valence-electron chi connectivity index (χ2n) is 14.3. The maximum atomic E-state index is 12.5. The smallest absolute Gasteiger partial charge is 0.338 e. The van der Waals surface area contributed by atoms with Gasteiger partial charge in [0.15, 0.2) is 0 Å². The first kappa shape index (κ1) is 44.5. The van der Waals surface area contributed by atoms with Crippen LogP contribution in [0.4, 0.5) is 11.4 Å². The first-order valence-electron chi connectivity index (χ1n) is 21.1. The largest absolute Gasteiger partial charge is 0.494 e. The zero-order chi connectivity index (χ0) is 40.2. The number of hydrogen-bond acceptors (Lipinski definition) is 8. The molecule has 304 valence electrons. The standard InChI is InChI=1S/C49H62N2O6/c1-3-5-7-9-11-13-15-34-54-46-30-18-40(19-31-46)38-50-44-26-22-42(23-27-44)48(52)56-36-17-37-57-49(53)43-24-28-45(29-25-43)51-39-41-20-32-47(33-21-41)55-35-16-14-12-10-8-6-4-2/h18-33,38-39H,3-17,34-37H2,1-2H3. The SMILES string of the molecule is CCCCCCCCCOc1ccc(C=Nc2ccc(C(=O)OCCCOC(=O)c3ccc(N=Cc4ccc(OCCCCCCCCC)cc4)cc3)cc2)cc1. The molecule has 0 N–H and O–H groups in total. The lowest BCUT2D eigenvalue weighted by Gasteiger charge is -2.07. The van der Waals surface area contributed by atoms with Gasteiger partial charge in [0, 0.05) is 18.9 Å². The summed E-state index contributed by atoms with van der Waals surface area (Å²) in [6.45, 7) is 6.22. The van der Waals surface area contributed by atoms with Crippen molar-refractivity contribution in [2.45, 2.75) is 110 Å². The Balaban J connectivity index is 1.06. The maximum absolute atomic E-state index is 12.5. The number of nitrogens with zero attached hydrogens (tertiary/aromatic N) is 2. The van der Waals surface area contributed by atoms with E-state index in [1.54, 1.807) is 61.0 Å². The predicted molar refractivity (Wildman–Crippen MR) is 232 cm³/mol. The molecule has 0 radical (unpaired) electrons. The summed E-state index contributed by atoms with van der Waals surface area (Å²) >= 11 is 0. The van der Waals surface area contributed by atoms with Crippen molar-refractivity contribution in [3.05, 3.63) is 119 Å². The van der Waals surface area contributed by atoms with Crippen LogP contribution in [0.2, 0.25) is 0 Å². The van der Waals surface area contributed by atoms with Crippen molar-refractivity contribution in [3.8, 4) is 11.5 Å². The molecule has 0 unspecified atom stereocenters. The average molecular weight is 775 g/mol. The molecule has 0 heterocycles. The second kappa shape index (κ2) is 27.4. The molecule has 0 aromatic heterocycles. The summed E-state index contributed by atoms with van der Waals surface area (Å²) in [5.74, 6) is 0.846. The van der Waals surface area contributed by atoms with Gasteiger partial charge in [-0.3, -0.25) is 9.98 Å². The Labute approximate surface area is 340 Å². The summed E-state index contributed by atoms with van der Waals surface area (Å²) in [7, 11) is 0. The van der Waals surface area contributed by atoms with Gasteiger partial charge in [-0.05, 0) is 121 Å². The molecule has 4 aromatic rings. The molecular formula is C49H62N2O6. The maximum Gasteiger partial charge on any atom is 0.338 e. The number of unbranched alkanes of at least 4 members (excludes halogenated alkanes) is 12. The molecule has 4 aromatic carbocycles. The highest BCUT2D eigenvalue weighted by Crippen LogP contribution is 2.18. The van der Waals surface area contributed by atoms with Crippen LogP contribution in [0, 0.1) is 0 Å². The summed E-state index contributed by atoms with van der Waals surface area (Å²) in [4.78, 5) is 34.1. The van der Waals surface area contributed by atoms with E-state index in [0.29, 0.717) is 17.5 Å². The van der Waals surface area contributed by atoms with Gasteiger partial charge in [-0.25, -0.2) is 9.59 Å². The fraction of sp³-hybridized carbons (Fsp3) is 0.429. The van der Waals surface area contributed by atoms with E-state index in [2.05, 4.69) is 23.8 Å². The number of carbonyl (C=O) groups excluding carboxylic acids is 2. The van der Waals surface area contributed by atoms with Crippen molar-refractivity contribution in [1.29, 1.82) is 0 Å². The zero-order valence-electron chi connectivity index (χ0n) is 34.2. The van der Waals surface area contributed by atoms with Crippen LogP contribution in [0.25, 0.3) is 0 Å². The number of aliphatic imine (C=N–C) groups is 2. The third kappa shape index (κ3) is 18.5. The topological polar surface area (TPSA) is 95.8 Å². The third-order valence-electron chi connectivity index (χ3n) is 9.48. The Morgan fingerprint density at radius 2 is 0.772 bits per heavy atom. The molecular weight excluding hydrogens is 713 g/mol. The third-order valence-corrected chi connectivity index (χ3v) is 9.48. The molecule has 8 heteroatoms. The molecule has 57 heavy (non-hydrogen) atoms. The van der Waals surface area contributed by atoms with E-state index in [0.717, 1.165) is 60.1 Å². The lowest BCUT2D eigenvalue weighted by Crippen LogP contribution is -2.11. The van der Waals surface area contributed by atoms with Gasteiger partial charge in [0.25, 0.3) is 0 Å². The molecule has 0 saturated heterocycles. The summed E-state index contributed by atoms with van der Waals surface area (Å²) < 4.78 is 22.5. The molecule has 0 atom stereocenters. The Bertz CT molecular complexity index is 1620. The predicted octanol–water partition coefficient (Wildman–Crippen LogP) is 12.9. The number of carbonyl (C=O) groups is 2. The molecule has 8 nitrogen and oxygen atoms in total. The van der Waals surface area contributed by atoms with Crippen molar-refractivity contribution >= 4 is 35.7 Å². The van der Waals surface area contributed by atoms with Crippen molar-refractivity contribution < 1.29 is 28.5 Å². The molecule has 0 fully saturated rings. The van der Waals surface area contributed by atoms with Crippen molar-refractivity contribution in [2.75, 3.05) is 26.4 Å². The van der Waals surface area contributed by atoms with E-state index >= 15 is 0 Å². The number of ether oxygens (including phenoxy) is 4. The van der Waals surface area contributed by atoms with Gasteiger partial charge in [0.2, 0.25) is 0 Å². The van der Waals surface area contributed by atoms with Gasteiger partial charge in [0.1, 0.15) is 11.5 Å². The molecule has 0 saturated carbocycles. The van der Waals surface area contributed by atoms with E-state index in [1.165, 1.54) is 77.0 Å². The van der Waals surface area contributed by atoms with Crippen molar-refractivity contribution in [2.24, 2.45) is 9.98 Å². The van der Waals surface area contributed by atoms with Crippen LogP contribution in [0.15, 0.2) is 107 Å². The zero-order valence-corrected chi connectivity index (χ0v) is 34.2. The van der Waals surface area contributed by atoms with Gasteiger partial charge >= 0.3 is 11.9 Å². The fourth-order valence-electron chi connectivity index (χ4n) is 6.02. The quantitative estimate of drug-likeness (QED) is 0.0324. The van der Waals surface area contributed by atoms with Crippen LogP contribution in [-0.4, -0.2) is 50.8 Å². The van der Waals surface area contributed by atoms with Crippen molar-refractivity contribution in [1.82, 2.24) is 0 Å². The molecule has 0 aliphatic rings. The van der Waals surface area contributed by atoms with Gasteiger partial charge in [0.05, 0.1) is 48.9 Å². The van der Waals surface area contributed by atoms with E-state index in [-0.39, 0.29) is 13.2 Å². The van der Waals surface area contributed by atoms with Crippen molar-refractivity contribution in [3.63, 3.8) is 0 Å². The number of esters is 2. The van der Waals surface area contributed by atoms with Crippen LogP contribution in [0.5, 0.6) is 11.5 Å².